The molecule has 4 heteroatoms. The molecule has 1 rings (SSSR count). The molecule has 1 aromatic rings. The van der Waals surface area contributed by atoms with Crippen LogP contribution >= 0.6 is 0 Å². The van der Waals surface area contributed by atoms with Gasteiger partial charge in [0.1, 0.15) is 6.10 Å². The molecule has 1 heterocycles. The van der Waals surface area contributed by atoms with Crippen molar-refractivity contribution < 1.29 is 4.74 Å². The van der Waals surface area contributed by atoms with Crippen molar-refractivity contribution in [3.63, 3.8) is 0 Å². The minimum absolute atomic E-state index is 0.0248. The summed E-state index contributed by atoms with van der Waals surface area (Å²) in [4.78, 5) is 9.20. The summed E-state index contributed by atoms with van der Waals surface area (Å²) in [7, 11) is 1.71. The van der Waals surface area contributed by atoms with E-state index in [-0.39, 0.29) is 11.5 Å². The lowest BCUT2D eigenvalue weighted by Gasteiger charge is -2.28. The first-order valence-corrected chi connectivity index (χ1v) is 6.38. The second-order valence-electron chi connectivity index (χ2n) is 5.75. The molecule has 0 aliphatic rings. The van der Waals surface area contributed by atoms with Crippen molar-refractivity contribution in [2.24, 2.45) is 11.1 Å². The van der Waals surface area contributed by atoms with E-state index in [9.17, 15) is 0 Å². The van der Waals surface area contributed by atoms with Gasteiger partial charge in [-0.3, -0.25) is 0 Å². The van der Waals surface area contributed by atoms with Gasteiger partial charge in [-0.05, 0) is 37.8 Å². The summed E-state index contributed by atoms with van der Waals surface area (Å²) < 4.78 is 5.56. The third-order valence-corrected chi connectivity index (χ3v) is 3.09. The Kier molecular flexibility index (Phi) is 4.82. The van der Waals surface area contributed by atoms with Crippen LogP contribution in [0.25, 0.3) is 0 Å². The van der Waals surface area contributed by atoms with Gasteiger partial charge in [0.2, 0.25) is 0 Å². The third-order valence-electron chi connectivity index (χ3n) is 3.09. The molecule has 1 unspecified atom stereocenters. The first-order chi connectivity index (χ1) is 8.31. The molecule has 1 aromatic heterocycles. The first-order valence-electron chi connectivity index (χ1n) is 6.38. The van der Waals surface area contributed by atoms with E-state index in [1.165, 1.54) is 0 Å². The number of ether oxygens (including phenoxy) is 1. The molecule has 0 aliphatic heterocycles. The average molecular weight is 251 g/mol. The zero-order valence-corrected chi connectivity index (χ0v) is 12.4. The second kappa shape index (κ2) is 5.76. The lowest BCUT2D eigenvalue weighted by atomic mass is 9.88. The first kappa shape index (κ1) is 15.1. The number of aryl methyl sites for hydroxylation is 2. The van der Waals surface area contributed by atoms with Crippen molar-refractivity contribution in [3.8, 4) is 0 Å². The van der Waals surface area contributed by atoms with Crippen LogP contribution in [-0.4, -0.2) is 23.6 Å². The molecule has 0 amide bonds. The summed E-state index contributed by atoms with van der Waals surface area (Å²) in [5, 5.41) is 0. The van der Waals surface area contributed by atoms with Crippen LogP contribution in [0.5, 0.6) is 0 Å². The molecule has 0 aromatic carbocycles. The Hall–Kier alpha value is -1.00. The van der Waals surface area contributed by atoms with Crippen LogP contribution in [0.1, 0.15) is 49.7 Å². The molecule has 1 atom stereocenters. The van der Waals surface area contributed by atoms with Gasteiger partial charge in [0.25, 0.3) is 0 Å². The fourth-order valence-electron chi connectivity index (χ4n) is 2.24. The second-order valence-corrected chi connectivity index (χ2v) is 5.75. The molecule has 102 valence electrons. The standard InChI is InChI=1S/C14H25N3O/c1-9-11(7-8-15)10(2)17-13(16-9)12(18-6)14(3,4)5/h12H,7-8,15H2,1-6H3. The Morgan fingerprint density at radius 3 is 2.00 bits per heavy atom. The predicted molar refractivity (Wildman–Crippen MR) is 73.5 cm³/mol. The smallest absolute Gasteiger partial charge is 0.158 e. The number of methoxy groups -OCH3 is 1. The number of hydrogen-bond donors (Lipinski definition) is 1. The van der Waals surface area contributed by atoms with E-state index >= 15 is 0 Å². The molecule has 0 bridgehead atoms. The van der Waals surface area contributed by atoms with E-state index in [2.05, 4.69) is 30.7 Å². The molecule has 0 fully saturated rings. The number of nitrogens with zero attached hydrogens (tertiary/aromatic N) is 2. The molecule has 0 saturated carbocycles. The molecule has 0 aliphatic carbocycles. The van der Waals surface area contributed by atoms with Crippen molar-refractivity contribution in [2.45, 2.75) is 47.1 Å². The van der Waals surface area contributed by atoms with Crippen molar-refractivity contribution in [3.05, 3.63) is 22.8 Å². The van der Waals surface area contributed by atoms with Crippen molar-refractivity contribution in [1.29, 1.82) is 0 Å². The Morgan fingerprint density at radius 2 is 1.67 bits per heavy atom. The van der Waals surface area contributed by atoms with Crippen molar-refractivity contribution in [1.82, 2.24) is 9.97 Å². The van der Waals surface area contributed by atoms with Crippen LogP contribution < -0.4 is 5.73 Å². The van der Waals surface area contributed by atoms with Gasteiger partial charge < -0.3 is 10.5 Å². The van der Waals surface area contributed by atoms with Gasteiger partial charge in [0.05, 0.1) is 0 Å². The maximum atomic E-state index is 5.61. The van der Waals surface area contributed by atoms with E-state index in [0.29, 0.717) is 6.54 Å². The van der Waals surface area contributed by atoms with Crippen LogP contribution in [0.3, 0.4) is 0 Å². The molecule has 2 N–H and O–H groups in total. The summed E-state index contributed by atoms with van der Waals surface area (Å²) in [5.74, 6) is 0.765. The van der Waals surface area contributed by atoms with E-state index < -0.39 is 0 Å². The highest BCUT2D eigenvalue weighted by Gasteiger charge is 2.29. The minimum Gasteiger partial charge on any atom is -0.373 e. The van der Waals surface area contributed by atoms with Crippen LogP contribution in [0, 0.1) is 19.3 Å². The van der Waals surface area contributed by atoms with Gasteiger partial charge >= 0.3 is 0 Å². The predicted octanol–water partition coefficient (Wildman–Crippen LogP) is 2.33. The fourth-order valence-corrected chi connectivity index (χ4v) is 2.24. The molecule has 4 nitrogen and oxygen atoms in total. The van der Waals surface area contributed by atoms with Crippen molar-refractivity contribution in [2.75, 3.05) is 13.7 Å². The van der Waals surface area contributed by atoms with Gasteiger partial charge in [0.15, 0.2) is 5.82 Å². The van der Waals surface area contributed by atoms with Crippen molar-refractivity contribution >= 4 is 0 Å². The van der Waals surface area contributed by atoms with E-state index in [1.807, 2.05) is 13.8 Å². The van der Waals surface area contributed by atoms with Crippen LogP contribution in [-0.2, 0) is 11.2 Å². The maximum Gasteiger partial charge on any atom is 0.158 e. The number of aromatic nitrogens is 2. The zero-order chi connectivity index (χ0) is 13.9. The highest BCUT2D eigenvalue weighted by Crippen LogP contribution is 2.34. The SMILES string of the molecule is COC(c1nc(C)c(CCN)c(C)n1)C(C)(C)C. The summed E-state index contributed by atoms with van der Waals surface area (Å²) >= 11 is 0. The molecular formula is C14H25N3O. The van der Waals surface area contributed by atoms with Gasteiger partial charge in [-0.2, -0.15) is 0 Å². The highest BCUT2D eigenvalue weighted by molar-refractivity contribution is 5.25. The summed E-state index contributed by atoms with van der Waals surface area (Å²) in [5.41, 5.74) is 8.76. The highest BCUT2D eigenvalue weighted by atomic mass is 16.5. The Balaban J connectivity index is 3.20. The topological polar surface area (TPSA) is 61.0 Å². The molecular weight excluding hydrogens is 226 g/mol. The van der Waals surface area contributed by atoms with E-state index in [0.717, 1.165) is 29.2 Å². The lowest BCUT2D eigenvalue weighted by Crippen LogP contribution is -2.23. The number of rotatable bonds is 4. The molecule has 0 radical (unpaired) electrons. The van der Waals surface area contributed by atoms with Crippen LogP contribution in [0.2, 0.25) is 0 Å². The third kappa shape index (κ3) is 3.27. The van der Waals surface area contributed by atoms with Gasteiger partial charge in [-0.25, -0.2) is 9.97 Å². The molecule has 0 saturated heterocycles. The van der Waals surface area contributed by atoms with Gasteiger partial charge in [-0.15, -0.1) is 0 Å². The maximum absolute atomic E-state index is 5.61. The van der Waals surface area contributed by atoms with E-state index in [4.69, 9.17) is 10.5 Å². The Labute approximate surface area is 110 Å². The summed E-state index contributed by atoms with van der Waals surface area (Å²) in [6.45, 7) is 11.0. The van der Waals surface area contributed by atoms with Gasteiger partial charge in [-0.1, -0.05) is 20.8 Å². The normalized spacial score (nSPS) is 13.7. The van der Waals surface area contributed by atoms with E-state index in [1.54, 1.807) is 7.11 Å². The lowest BCUT2D eigenvalue weighted by molar-refractivity contribution is 0.00840. The van der Waals surface area contributed by atoms with Gasteiger partial charge in [0, 0.05) is 18.5 Å². The summed E-state index contributed by atoms with van der Waals surface area (Å²) in [6.07, 6.45) is 0.729. The monoisotopic (exact) mass is 251 g/mol. The number of nitrogens with two attached hydrogens (primary N) is 1. The number of hydrogen-bond acceptors (Lipinski definition) is 4. The Bertz CT molecular complexity index is 387. The molecule has 18 heavy (non-hydrogen) atoms. The zero-order valence-electron chi connectivity index (χ0n) is 12.4. The largest absolute Gasteiger partial charge is 0.373 e. The average Bonchev–Trinajstić information content (AvgIpc) is 2.22. The molecule has 0 spiro atoms. The minimum atomic E-state index is -0.0955. The fraction of sp³-hybridized carbons (Fsp3) is 0.714. The van der Waals surface area contributed by atoms with Crippen LogP contribution in [0.4, 0.5) is 0 Å². The van der Waals surface area contributed by atoms with Crippen LogP contribution in [0.15, 0.2) is 0 Å². The summed E-state index contributed by atoms with van der Waals surface area (Å²) in [6, 6.07) is 0. The quantitative estimate of drug-likeness (QED) is 0.892. The Morgan fingerprint density at radius 1 is 1.17 bits per heavy atom.